The van der Waals surface area contributed by atoms with Crippen LogP contribution >= 0.6 is 0 Å². The van der Waals surface area contributed by atoms with E-state index < -0.39 is 0 Å². The molecule has 110 valence electrons. The van der Waals surface area contributed by atoms with Gasteiger partial charge in [-0.2, -0.15) is 5.10 Å². The predicted molar refractivity (Wildman–Crippen MR) is 78.3 cm³/mol. The van der Waals surface area contributed by atoms with Crippen molar-refractivity contribution in [1.29, 1.82) is 0 Å². The standard InChI is InChI=1S/C15H17N3O3/c1-21-12-8-4-7-11(12)16-15(20)13-9-5-2-3-6-10(9)14(19)18-17-13/h2-3,5-6,11-12H,4,7-8H2,1H3,(H,16,20)(H,18,19). The second-order valence-corrected chi connectivity index (χ2v) is 5.23. The molecule has 1 heterocycles. The maximum atomic E-state index is 12.4. The molecule has 0 spiro atoms. The van der Waals surface area contributed by atoms with Crippen LogP contribution in [0.15, 0.2) is 29.1 Å². The van der Waals surface area contributed by atoms with E-state index in [0.717, 1.165) is 19.3 Å². The number of fused-ring (bicyclic) bond motifs is 1. The highest BCUT2D eigenvalue weighted by atomic mass is 16.5. The molecule has 2 N–H and O–H groups in total. The third-order valence-electron chi connectivity index (χ3n) is 3.98. The zero-order chi connectivity index (χ0) is 14.8. The zero-order valence-electron chi connectivity index (χ0n) is 11.8. The van der Waals surface area contributed by atoms with Crippen LogP contribution in [-0.2, 0) is 4.74 Å². The number of aromatic nitrogens is 2. The molecule has 0 bridgehead atoms. The van der Waals surface area contributed by atoms with E-state index in [9.17, 15) is 9.59 Å². The molecule has 2 unspecified atom stereocenters. The molecular formula is C15H17N3O3. The molecule has 1 aliphatic rings. The molecule has 21 heavy (non-hydrogen) atoms. The molecule has 6 nitrogen and oxygen atoms in total. The highest BCUT2D eigenvalue weighted by Crippen LogP contribution is 2.22. The Morgan fingerprint density at radius 2 is 2.10 bits per heavy atom. The van der Waals surface area contributed by atoms with Crippen LogP contribution in [0.25, 0.3) is 10.8 Å². The fraction of sp³-hybridized carbons (Fsp3) is 0.400. The van der Waals surface area contributed by atoms with Gasteiger partial charge in [-0.05, 0) is 25.3 Å². The van der Waals surface area contributed by atoms with Gasteiger partial charge in [0.1, 0.15) is 0 Å². The van der Waals surface area contributed by atoms with Crippen LogP contribution in [0.5, 0.6) is 0 Å². The average Bonchev–Trinajstić information content (AvgIpc) is 2.95. The SMILES string of the molecule is COC1CCCC1NC(=O)c1n[nH]c(=O)c2ccccc12. The summed E-state index contributed by atoms with van der Waals surface area (Å²) >= 11 is 0. The third kappa shape index (κ3) is 2.54. The van der Waals surface area contributed by atoms with E-state index in [1.807, 2.05) is 0 Å². The molecule has 1 saturated carbocycles. The van der Waals surface area contributed by atoms with Crippen LogP contribution in [0, 0.1) is 0 Å². The number of carbonyl (C=O) groups excluding carboxylic acids is 1. The Kier molecular flexibility index (Phi) is 3.70. The first-order chi connectivity index (χ1) is 10.2. The number of methoxy groups -OCH3 is 1. The van der Waals surface area contributed by atoms with Gasteiger partial charge in [0.05, 0.1) is 17.5 Å². The number of H-pyrrole nitrogens is 1. The second-order valence-electron chi connectivity index (χ2n) is 5.23. The molecule has 1 amide bonds. The average molecular weight is 287 g/mol. The number of aromatic amines is 1. The lowest BCUT2D eigenvalue weighted by molar-refractivity contribution is 0.0720. The van der Waals surface area contributed by atoms with Crippen molar-refractivity contribution in [3.63, 3.8) is 0 Å². The van der Waals surface area contributed by atoms with Crippen molar-refractivity contribution in [2.24, 2.45) is 0 Å². The first-order valence-electron chi connectivity index (χ1n) is 7.02. The van der Waals surface area contributed by atoms with Crippen LogP contribution < -0.4 is 10.9 Å². The Labute approximate surface area is 121 Å². The highest BCUT2D eigenvalue weighted by Gasteiger charge is 2.29. The van der Waals surface area contributed by atoms with Gasteiger partial charge < -0.3 is 10.1 Å². The normalized spacial score (nSPS) is 21.6. The number of ether oxygens (including phenoxy) is 1. The molecule has 1 aromatic heterocycles. The van der Waals surface area contributed by atoms with Crippen LogP contribution in [0.2, 0.25) is 0 Å². The number of hydrogen-bond acceptors (Lipinski definition) is 4. The lowest BCUT2D eigenvalue weighted by Crippen LogP contribution is -2.41. The summed E-state index contributed by atoms with van der Waals surface area (Å²) in [5.41, 5.74) is -0.0512. The van der Waals surface area contributed by atoms with Gasteiger partial charge in [-0.25, -0.2) is 5.10 Å². The highest BCUT2D eigenvalue weighted by molar-refractivity contribution is 6.04. The fourth-order valence-corrected chi connectivity index (χ4v) is 2.90. The van der Waals surface area contributed by atoms with E-state index in [1.54, 1.807) is 31.4 Å². The Hall–Kier alpha value is -2.21. The van der Waals surface area contributed by atoms with Gasteiger partial charge in [0.15, 0.2) is 5.69 Å². The number of nitrogens with zero attached hydrogens (tertiary/aromatic N) is 1. The van der Waals surface area contributed by atoms with Crippen molar-refractivity contribution < 1.29 is 9.53 Å². The van der Waals surface area contributed by atoms with Crippen molar-refractivity contribution in [3.8, 4) is 0 Å². The Bertz CT molecular complexity index is 725. The van der Waals surface area contributed by atoms with Crippen molar-refractivity contribution in [2.75, 3.05) is 7.11 Å². The molecule has 0 aliphatic heterocycles. The van der Waals surface area contributed by atoms with E-state index in [-0.39, 0.29) is 29.3 Å². The Morgan fingerprint density at radius 3 is 2.86 bits per heavy atom. The number of benzene rings is 1. The van der Waals surface area contributed by atoms with Crippen molar-refractivity contribution in [3.05, 3.63) is 40.3 Å². The summed E-state index contributed by atoms with van der Waals surface area (Å²) < 4.78 is 5.37. The summed E-state index contributed by atoms with van der Waals surface area (Å²) in [7, 11) is 1.66. The quantitative estimate of drug-likeness (QED) is 0.889. The number of rotatable bonds is 3. The van der Waals surface area contributed by atoms with Gasteiger partial charge in [-0.1, -0.05) is 18.2 Å². The molecule has 1 aliphatic carbocycles. The number of amides is 1. The van der Waals surface area contributed by atoms with Crippen LogP contribution in [0.1, 0.15) is 29.8 Å². The Balaban J connectivity index is 1.92. The van der Waals surface area contributed by atoms with E-state index >= 15 is 0 Å². The molecule has 2 atom stereocenters. The van der Waals surface area contributed by atoms with Crippen molar-refractivity contribution in [2.45, 2.75) is 31.4 Å². The first-order valence-corrected chi connectivity index (χ1v) is 7.02. The molecule has 0 saturated heterocycles. The minimum absolute atomic E-state index is 0.00464. The number of hydrogen-bond donors (Lipinski definition) is 2. The van der Waals surface area contributed by atoms with Gasteiger partial charge in [-0.3, -0.25) is 9.59 Å². The van der Waals surface area contributed by atoms with Gasteiger partial charge in [0.2, 0.25) is 0 Å². The molecular weight excluding hydrogens is 270 g/mol. The van der Waals surface area contributed by atoms with E-state index in [0.29, 0.717) is 10.8 Å². The maximum absolute atomic E-state index is 12.4. The zero-order valence-corrected chi connectivity index (χ0v) is 11.8. The molecule has 6 heteroatoms. The van der Waals surface area contributed by atoms with Gasteiger partial charge >= 0.3 is 0 Å². The third-order valence-corrected chi connectivity index (χ3v) is 3.98. The maximum Gasteiger partial charge on any atom is 0.272 e. The lowest BCUT2D eigenvalue weighted by Gasteiger charge is -2.19. The van der Waals surface area contributed by atoms with Crippen molar-refractivity contribution >= 4 is 16.7 Å². The summed E-state index contributed by atoms with van der Waals surface area (Å²) in [6, 6.07) is 6.95. The second kappa shape index (κ2) is 5.65. The predicted octanol–water partition coefficient (Wildman–Crippen LogP) is 1.22. The fourth-order valence-electron chi connectivity index (χ4n) is 2.90. The minimum Gasteiger partial charge on any atom is -0.379 e. The van der Waals surface area contributed by atoms with Crippen molar-refractivity contribution in [1.82, 2.24) is 15.5 Å². The molecule has 1 aromatic carbocycles. The van der Waals surface area contributed by atoms with Gasteiger partial charge in [0, 0.05) is 12.5 Å². The topological polar surface area (TPSA) is 84.1 Å². The van der Waals surface area contributed by atoms with Crippen LogP contribution in [0.3, 0.4) is 0 Å². The number of nitrogens with one attached hydrogen (secondary N) is 2. The molecule has 2 aromatic rings. The van der Waals surface area contributed by atoms with Crippen LogP contribution in [-0.4, -0.2) is 35.4 Å². The summed E-state index contributed by atoms with van der Waals surface area (Å²) in [4.78, 5) is 24.2. The monoisotopic (exact) mass is 287 g/mol. The van der Waals surface area contributed by atoms with E-state index in [2.05, 4.69) is 15.5 Å². The smallest absolute Gasteiger partial charge is 0.272 e. The lowest BCUT2D eigenvalue weighted by atomic mass is 10.1. The summed E-state index contributed by atoms with van der Waals surface area (Å²) in [5, 5.41) is 10.3. The minimum atomic E-state index is -0.294. The van der Waals surface area contributed by atoms with E-state index in [1.165, 1.54) is 0 Å². The summed E-state index contributed by atoms with van der Waals surface area (Å²) in [6.45, 7) is 0. The molecule has 0 radical (unpaired) electrons. The first kappa shape index (κ1) is 13.8. The van der Waals surface area contributed by atoms with Gasteiger partial charge in [-0.15, -0.1) is 0 Å². The summed E-state index contributed by atoms with van der Waals surface area (Å²) in [5.74, 6) is -0.281. The van der Waals surface area contributed by atoms with Crippen LogP contribution in [0.4, 0.5) is 0 Å². The Morgan fingerprint density at radius 1 is 1.33 bits per heavy atom. The molecule has 1 fully saturated rings. The summed E-state index contributed by atoms with van der Waals surface area (Å²) in [6.07, 6.45) is 2.92. The van der Waals surface area contributed by atoms with Gasteiger partial charge in [0.25, 0.3) is 11.5 Å². The largest absolute Gasteiger partial charge is 0.379 e. The molecule has 3 rings (SSSR count). The number of carbonyl (C=O) groups is 1. The van der Waals surface area contributed by atoms with E-state index in [4.69, 9.17) is 4.74 Å².